The number of amides is 3. The van der Waals surface area contributed by atoms with E-state index in [0.29, 0.717) is 12.1 Å². The summed E-state index contributed by atoms with van der Waals surface area (Å²) < 4.78 is 41.2. The maximum atomic E-state index is 13.7. The predicted molar refractivity (Wildman–Crippen MR) is 126 cm³/mol. The summed E-state index contributed by atoms with van der Waals surface area (Å²) >= 11 is 0. The first-order valence-electron chi connectivity index (χ1n) is 10.5. The Morgan fingerprint density at radius 2 is 1.50 bits per heavy atom. The number of nitrogens with one attached hydrogen (secondary N) is 3. The van der Waals surface area contributed by atoms with Crippen molar-refractivity contribution in [3.63, 3.8) is 0 Å². The minimum absolute atomic E-state index is 0.0399. The Bertz CT molecular complexity index is 1120. The molecule has 0 aromatic heterocycles. The van der Waals surface area contributed by atoms with Crippen LogP contribution in [0.25, 0.3) is 0 Å². The molecule has 1 atom stereocenters. The summed E-state index contributed by atoms with van der Waals surface area (Å²) in [5, 5.41) is 7.49. The second-order valence-corrected chi connectivity index (χ2v) is 7.90. The zero-order valence-electron chi connectivity index (χ0n) is 18.7. The Balaban J connectivity index is 1.78. The molecule has 0 aliphatic rings. The Labute approximate surface area is 195 Å². The van der Waals surface area contributed by atoms with Gasteiger partial charge in [-0.05, 0) is 50.0 Å². The molecule has 0 heterocycles. The van der Waals surface area contributed by atoms with Gasteiger partial charge in [-0.3, -0.25) is 4.79 Å². The van der Waals surface area contributed by atoms with Crippen molar-refractivity contribution in [3.8, 4) is 0 Å². The number of likely N-dealkylation sites (N-methyl/N-ethyl adjacent to an activating group) is 1. The minimum Gasteiger partial charge on any atom is -0.330 e. The van der Waals surface area contributed by atoms with Crippen molar-refractivity contribution < 1.29 is 22.8 Å². The molecular weight excluding hydrogens is 445 g/mol. The lowest BCUT2D eigenvalue weighted by atomic mass is 10.1. The quantitative estimate of drug-likeness (QED) is 0.434. The number of carbonyl (C=O) groups is 2. The first-order valence-corrected chi connectivity index (χ1v) is 10.5. The summed E-state index contributed by atoms with van der Waals surface area (Å²) in [7, 11) is 3.67. The number of anilines is 2. The molecule has 0 saturated carbocycles. The van der Waals surface area contributed by atoms with Gasteiger partial charge in [0.25, 0.3) is 5.91 Å². The van der Waals surface area contributed by atoms with Crippen molar-refractivity contribution in [2.75, 3.05) is 31.3 Å². The van der Waals surface area contributed by atoms with E-state index in [4.69, 9.17) is 0 Å². The van der Waals surface area contributed by atoms with E-state index in [1.54, 1.807) is 30.3 Å². The van der Waals surface area contributed by atoms with E-state index in [1.165, 1.54) is 6.07 Å². The highest BCUT2D eigenvalue weighted by Crippen LogP contribution is 2.36. The number of carbonyl (C=O) groups excluding carboxylic acids is 2. The lowest BCUT2D eigenvalue weighted by Crippen LogP contribution is -2.38. The van der Waals surface area contributed by atoms with Crippen LogP contribution < -0.4 is 16.0 Å². The first kappa shape index (κ1) is 24.8. The number of halogens is 3. The third kappa shape index (κ3) is 6.82. The summed E-state index contributed by atoms with van der Waals surface area (Å²) in [6.45, 7) is 0.452. The van der Waals surface area contributed by atoms with Gasteiger partial charge in [-0.15, -0.1) is 0 Å². The molecule has 9 heteroatoms. The highest BCUT2D eigenvalue weighted by atomic mass is 19.4. The molecule has 34 heavy (non-hydrogen) atoms. The van der Waals surface area contributed by atoms with Gasteiger partial charge in [-0.1, -0.05) is 48.5 Å². The van der Waals surface area contributed by atoms with E-state index in [1.807, 2.05) is 49.3 Å². The lowest BCUT2D eigenvalue weighted by Gasteiger charge is -2.23. The summed E-state index contributed by atoms with van der Waals surface area (Å²) in [6.07, 6.45) is -4.75. The fraction of sp³-hybridized carbons (Fsp3) is 0.200. The van der Waals surface area contributed by atoms with Gasteiger partial charge in [0.1, 0.15) is 0 Å². The lowest BCUT2D eigenvalue weighted by molar-refractivity contribution is -0.136. The summed E-state index contributed by atoms with van der Waals surface area (Å²) in [4.78, 5) is 26.8. The van der Waals surface area contributed by atoms with E-state index in [9.17, 15) is 22.8 Å². The monoisotopic (exact) mass is 470 g/mol. The molecule has 0 spiro atoms. The topological polar surface area (TPSA) is 73.5 Å². The van der Waals surface area contributed by atoms with Gasteiger partial charge < -0.3 is 20.9 Å². The first-order chi connectivity index (χ1) is 16.1. The van der Waals surface area contributed by atoms with Crippen LogP contribution >= 0.6 is 0 Å². The second kappa shape index (κ2) is 10.8. The maximum Gasteiger partial charge on any atom is 0.418 e. The third-order valence-corrected chi connectivity index (χ3v) is 4.92. The molecule has 0 aliphatic carbocycles. The Morgan fingerprint density at radius 1 is 0.882 bits per heavy atom. The molecule has 3 rings (SSSR count). The fourth-order valence-corrected chi connectivity index (χ4v) is 3.36. The van der Waals surface area contributed by atoms with Crippen LogP contribution in [0.3, 0.4) is 0 Å². The molecule has 3 aromatic carbocycles. The van der Waals surface area contributed by atoms with Crippen LogP contribution in [0, 0.1) is 0 Å². The average Bonchev–Trinajstić information content (AvgIpc) is 2.80. The van der Waals surface area contributed by atoms with E-state index >= 15 is 0 Å². The predicted octanol–water partition coefficient (Wildman–Crippen LogP) is 5.38. The largest absolute Gasteiger partial charge is 0.418 e. The Morgan fingerprint density at radius 3 is 2.09 bits per heavy atom. The van der Waals surface area contributed by atoms with Gasteiger partial charge in [0.05, 0.1) is 17.3 Å². The van der Waals surface area contributed by atoms with Crippen LogP contribution in [-0.2, 0) is 6.18 Å². The van der Waals surface area contributed by atoms with E-state index in [0.717, 1.165) is 17.7 Å². The van der Waals surface area contributed by atoms with Gasteiger partial charge in [0.2, 0.25) is 0 Å². The van der Waals surface area contributed by atoms with Crippen LogP contribution in [0.2, 0.25) is 0 Å². The maximum absolute atomic E-state index is 13.7. The minimum atomic E-state index is -4.75. The highest BCUT2D eigenvalue weighted by Gasteiger charge is 2.34. The van der Waals surface area contributed by atoms with Crippen LogP contribution in [0.4, 0.5) is 29.3 Å². The van der Waals surface area contributed by atoms with E-state index in [2.05, 4.69) is 16.0 Å². The molecule has 0 bridgehead atoms. The highest BCUT2D eigenvalue weighted by molar-refractivity contribution is 6.04. The molecule has 1 unspecified atom stereocenters. The molecule has 6 nitrogen and oxygen atoms in total. The van der Waals surface area contributed by atoms with Gasteiger partial charge in [0.15, 0.2) is 0 Å². The molecule has 3 N–H and O–H groups in total. The van der Waals surface area contributed by atoms with Gasteiger partial charge in [-0.2, -0.15) is 13.2 Å². The molecular formula is C25H25F3N4O2. The van der Waals surface area contributed by atoms with Gasteiger partial charge in [0, 0.05) is 17.8 Å². The summed E-state index contributed by atoms with van der Waals surface area (Å²) in [6, 6.07) is 19.3. The van der Waals surface area contributed by atoms with Crippen LogP contribution in [-0.4, -0.2) is 37.5 Å². The molecule has 3 amide bonds. The molecule has 0 radical (unpaired) electrons. The van der Waals surface area contributed by atoms with Gasteiger partial charge in [-0.25, -0.2) is 4.79 Å². The number of rotatable bonds is 7. The fourth-order valence-electron chi connectivity index (χ4n) is 3.36. The van der Waals surface area contributed by atoms with Crippen molar-refractivity contribution in [2.24, 2.45) is 0 Å². The standard InChI is InChI=1S/C25H25F3N4O2/c1-32(2)16-22(17-9-5-3-6-10-17)31-24(34)30-21-14-13-19(15-20(21)25(26,27)28)29-23(33)18-11-7-4-8-12-18/h3-15,22H,16H2,1-2H3,(H,29,33)(H2,30,31,34). The van der Waals surface area contributed by atoms with Crippen molar-refractivity contribution in [3.05, 3.63) is 95.6 Å². The molecule has 0 aliphatic heterocycles. The average molecular weight is 470 g/mol. The van der Waals surface area contributed by atoms with Crippen molar-refractivity contribution in [2.45, 2.75) is 12.2 Å². The van der Waals surface area contributed by atoms with E-state index in [-0.39, 0.29) is 5.69 Å². The van der Waals surface area contributed by atoms with Crippen LogP contribution in [0.15, 0.2) is 78.9 Å². The SMILES string of the molecule is CN(C)CC(NC(=O)Nc1ccc(NC(=O)c2ccccc2)cc1C(F)(F)F)c1ccccc1. The van der Waals surface area contributed by atoms with Crippen molar-refractivity contribution in [1.29, 1.82) is 0 Å². The smallest absolute Gasteiger partial charge is 0.330 e. The molecule has 3 aromatic rings. The zero-order chi connectivity index (χ0) is 24.7. The Kier molecular flexibility index (Phi) is 7.91. The normalized spacial score (nSPS) is 12.2. The Hall–Kier alpha value is -3.85. The molecule has 0 saturated heterocycles. The van der Waals surface area contributed by atoms with Crippen LogP contribution in [0.5, 0.6) is 0 Å². The molecule has 178 valence electrons. The summed E-state index contributed by atoms with van der Waals surface area (Å²) in [5.74, 6) is -0.540. The number of hydrogen-bond acceptors (Lipinski definition) is 3. The molecule has 0 fully saturated rings. The number of urea groups is 1. The van der Waals surface area contributed by atoms with Crippen molar-refractivity contribution >= 4 is 23.3 Å². The number of nitrogens with zero attached hydrogens (tertiary/aromatic N) is 1. The van der Waals surface area contributed by atoms with Gasteiger partial charge >= 0.3 is 12.2 Å². The van der Waals surface area contributed by atoms with E-state index < -0.39 is 35.4 Å². The number of benzene rings is 3. The van der Waals surface area contributed by atoms with Crippen molar-refractivity contribution in [1.82, 2.24) is 10.2 Å². The summed E-state index contributed by atoms with van der Waals surface area (Å²) in [5.41, 5.74) is -0.398. The van der Waals surface area contributed by atoms with Crippen LogP contribution in [0.1, 0.15) is 27.5 Å². The third-order valence-electron chi connectivity index (χ3n) is 4.92. The zero-order valence-corrected chi connectivity index (χ0v) is 18.7. The second-order valence-electron chi connectivity index (χ2n) is 7.90. The number of alkyl halides is 3. The number of hydrogen-bond donors (Lipinski definition) is 3.